The number of hydrogen-bond donors (Lipinski definition) is 0. The number of benzene rings is 2. The maximum atomic E-state index is 6.13. The standard InChI is InChI=1S/C20H21ClSi/c1-12(2)15-7-5-9-17-18(15)11-13(3)20(17)16-8-6-10-19(22-21)14(16)4/h5-12,20H,1-4H3. The predicted molar refractivity (Wildman–Crippen MR) is 98.4 cm³/mol. The van der Waals surface area contributed by atoms with Gasteiger partial charge in [0.25, 0.3) is 0 Å². The van der Waals surface area contributed by atoms with Crippen LogP contribution in [-0.2, 0) is 0 Å². The van der Waals surface area contributed by atoms with Gasteiger partial charge in [0.2, 0.25) is 8.83 Å². The Kier molecular flexibility index (Phi) is 4.29. The first-order valence-corrected chi connectivity index (χ1v) is 9.83. The fourth-order valence-electron chi connectivity index (χ4n) is 3.56. The molecule has 1 unspecified atom stereocenters. The van der Waals surface area contributed by atoms with Gasteiger partial charge in [-0.2, -0.15) is 11.1 Å². The Morgan fingerprint density at radius 3 is 2.36 bits per heavy atom. The molecule has 0 bridgehead atoms. The number of rotatable bonds is 3. The van der Waals surface area contributed by atoms with E-state index < -0.39 is 0 Å². The molecule has 0 amide bonds. The van der Waals surface area contributed by atoms with Crippen molar-refractivity contribution in [3.63, 3.8) is 0 Å². The SMILES string of the molecule is CC1=Cc2c(C(C)C)cccc2C1c1cccc([Si]Cl)c1C. The quantitative estimate of drug-likeness (QED) is 0.541. The number of allylic oxidation sites excluding steroid dienone is 1. The summed E-state index contributed by atoms with van der Waals surface area (Å²) >= 11 is 6.13. The molecule has 0 N–H and O–H groups in total. The highest BCUT2D eigenvalue weighted by Crippen LogP contribution is 2.43. The van der Waals surface area contributed by atoms with Crippen molar-refractivity contribution < 1.29 is 0 Å². The van der Waals surface area contributed by atoms with Gasteiger partial charge in [-0.3, -0.25) is 0 Å². The van der Waals surface area contributed by atoms with Crippen molar-refractivity contribution in [3.05, 3.63) is 69.8 Å². The minimum atomic E-state index is 0.333. The summed E-state index contributed by atoms with van der Waals surface area (Å²) in [5.41, 5.74) is 8.50. The van der Waals surface area contributed by atoms with Gasteiger partial charge in [0, 0.05) is 5.92 Å². The zero-order valence-electron chi connectivity index (χ0n) is 13.6. The lowest BCUT2D eigenvalue weighted by molar-refractivity contribution is 0.858. The van der Waals surface area contributed by atoms with E-state index in [9.17, 15) is 0 Å². The van der Waals surface area contributed by atoms with E-state index in [0.717, 1.165) is 0 Å². The van der Waals surface area contributed by atoms with Crippen molar-refractivity contribution in [3.8, 4) is 0 Å². The van der Waals surface area contributed by atoms with E-state index in [1.807, 2.05) is 0 Å². The van der Waals surface area contributed by atoms with Crippen molar-refractivity contribution in [2.24, 2.45) is 0 Å². The molecule has 0 saturated carbocycles. The van der Waals surface area contributed by atoms with Crippen LogP contribution in [0.15, 0.2) is 42.0 Å². The summed E-state index contributed by atoms with van der Waals surface area (Å²) in [6.45, 7) is 9.00. The van der Waals surface area contributed by atoms with Crippen LogP contribution >= 0.6 is 11.1 Å². The highest BCUT2D eigenvalue weighted by Gasteiger charge is 2.27. The highest BCUT2D eigenvalue weighted by molar-refractivity contribution is 7.01. The van der Waals surface area contributed by atoms with Crippen LogP contribution in [0.25, 0.3) is 6.08 Å². The summed E-state index contributed by atoms with van der Waals surface area (Å²) < 4.78 is 0. The molecule has 1 aliphatic rings. The Bertz CT molecular complexity index is 743. The van der Waals surface area contributed by atoms with Gasteiger partial charge < -0.3 is 0 Å². The van der Waals surface area contributed by atoms with Gasteiger partial charge in [0.1, 0.15) is 0 Å². The van der Waals surface area contributed by atoms with Crippen LogP contribution in [-0.4, -0.2) is 8.83 Å². The molecule has 2 aromatic carbocycles. The van der Waals surface area contributed by atoms with Gasteiger partial charge >= 0.3 is 0 Å². The first-order chi connectivity index (χ1) is 10.5. The van der Waals surface area contributed by atoms with E-state index in [4.69, 9.17) is 11.1 Å². The van der Waals surface area contributed by atoms with Crippen molar-refractivity contribution in [2.75, 3.05) is 0 Å². The second-order valence-electron chi connectivity index (χ2n) is 6.44. The summed E-state index contributed by atoms with van der Waals surface area (Å²) in [7, 11) is 0.333. The molecule has 0 nitrogen and oxygen atoms in total. The van der Waals surface area contributed by atoms with Crippen LogP contribution in [0.5, 0.6) is 0 Å². The monoisotopic (exact) mass is 324 g/mol. The fraction of sp³-hybridized carbons (Fsp3) is 0.300. The third-order valence-corrected chi connectivity index (χ3v) is 6.08. The van der Waals surface area contributed by atoms with Crippen LogP contribution in [0.2, 0.25) is 0 Å². The van der Waals surface area contributed by atoms with Gasteiger partial charge in [-0.1, -0.05) is 61.9 Å². The molecule has 2 aromatic rings. The smallest absolute Gasteiger partial charge is 0.165 e. The summed E-state index contributed by atoms with van der Waals surface area (Å²) in [6.07, 6.45) is 2.38. The van der Waals surface area contributed by atoms with Crippen LogP contribution in [0.1, 0.15) is 60.4 Å². The predicted octanol–water partition coefficient (Wildman–Crippen LogP) is 5.15. The zero-order valence-corrected chi connectivity index (χ0v) is 15.3. The van der Waals surface area contributed by atoms with Gasteiger partial charge in [-0.15, -0.1) is 0 Å². The van der Waals surface area contributed by atoms with Crippen LogP contribution < -0.4 is 5.19 Å². The van der Waals surface area contributed by atoms with Crippen LogP contribution in [0.3, 0.4) is 0 Å². The third kappa shape index (κ3) is 2.47. The molecule has 1 atom stereocenters. The van der Waals surface area contributed by atoms with Crippen molar-refractivity contribution in [1.82, 2.24) is 0 Å². The molecule has 3 rings (SSSR count). The summed E-state index contributed by atoms with van der Waals surface area (Å²) in [5, 5.41) is 1.26. The Balaban J connectivity index is 2.17. The second-order valence-corrected chi connectivity index (χ2v) is 7.74. The topological polar surface area (TPSA) is 0 Å². The van der Waals surface area contributed by atoms with Crippen molar-refractivity contribution >= 4 is 31.2 Å². The summed E-state index contributed by atoms with van der Waals surface area (Å²) in [4.78, 5) is 0. The Labute approximate surface area is 140 Å². The highest BCUT2D eigenvalue weighted by atomic mass is 35.6. The van der Waals surface area contributed by atoms with E-state index in [1.54, 1.807) is 0 Å². The molecular weight excluding hydrogens is 304 g/mol. The molecule has 0 saturated heterocycles. The average Bonchev–Trinajstić information content (AvgIpc) is 2.83. The molecule has 2 radical (unpaired) electrons. The molecule has 0 aliphatic heterocycles. The third-order valence-electron chi connectivity index (χ3n) is 4.72. The molecular formula is C20H21ClSi. The maximum Gasteiger partial charge on any atom is 0.210 e. The van der Waals surface area contributed by atoms with Gasteiger partial charge in [0.15, 0.2) is 0 Å². The average molecular weight is 325 g/mol. The van der Waals surface area contributed by atoms with E-state index >= 15 is 0 Å². The number of fused-ring (bicyclic) bond motifs is 1. The second kappa shape index (κ2) is 6.06. The normalized spacial score (nSPS) is 16.8. The zero-order chi connectivity index (χ0) is 15.9. The molecule has 0 spiro atoms. The molecule has 0 aromatic heterocycles. The Morgan fingerprint density at radius 1 is 1.00 bits per heavy atom. The molecule has 0 fully saturated rings. The minimum Gasteiger partial charge on any atom is -0.165 e. The van der Waals surface area contributed by atoms with Gasteiger partial charge in [-0.05, 0) is 52.8 Å². The van der Waals surface area contributed by atoms with Crippen molar-refractivity contribution in [2.45, 2.75) is 39.5 Å². The lowest BCUT2D eigenvalue weighted by Gasteiger charge is -2.20. The van der Waals surface area contributed by atoms with Crippen LogP contribution in [0, 0.1) is 6.92 Å². The molecule has 1 aliphatic carbocycles. The van der Waals surface area contributed by atoms with Crippen molar-refractivity contribution in [1.29, 1.82) is 0 Å². The minimum absolute atomic E-state index is 0.333. The van der Waals surface area contributed by atoms with E-state index in [-0.39, 0.29) is 0 Å². The molecule has 2 heteroatoms. The summed E-state index contributed by atoms with van der Waals surface area (Å²) in [5.74, 6) is 0.927. The molecule has 22 heavy (non-hydrogen) atoms. The Hall–Kier alpha value is -1.31. The first-order valence-electron chi connectivity index (χ1n) is 7.81. The lowest BCUT2D eigenvalue weighted by Crippen LogP contribution is -2.16. The Morgan fingerprint density at radius 2 is 1.68 bits per heavy atom. The maximum absolute atomic E-state index is 6.13. The summed E-state index contributed by atoms with van der Waals surface area (Å²) in [6, 6.07) is 13.3. The fourth-order valence-corrected chi connectivity index (χ4v) is 4.62. The number of halogens is 1. The van der Waals surface area contributed by atoms with Gasteiger partial charge in [-0.25, -0.2) is 0 Å². The van der Waals surface area contributed by atoms with E-state index in [1.165, 1.54) is 38.6 Å². The van der Waals surface area contributed by atoms with E-state index in [2.05, 4.69) is 70.2 Å². The largest absolute Gasteiger partial charge is 0.210 e. The first kappa shape index (κ1) is 15.6. The van der Waals surface area contributed by atoms with E-state index in [0.29, 0.717) is 20.7 Å². The van der Waals surface area contributed by atoms with Crippen LogP contribution in [0.4, 0.5) is 0 Å². The van der Waals surface area contributed by atoms with Gasteiger partial charge in [0.05, 0.1) is 0 Å². The molecule has 0 heterocycles. The number of hydrogen-bond acceptors (Lipinski definition) is 0. The lowest BCUT2D eigenvalue weighted by atomic mass is 9.85. The molecule has 112 valence electrons.